The van der Waals surface area contributed by atoms with Gasteiger partial charge >= 0.3 is 0 Å². The minimum atomic E-state index is -0.0885. The van der Waals surface area contributed by atoms with Crippen LogP contribution in [-0.4, -0.2) is 14.9 Å². The van der Waals surface area contributed by atoms with Crippen LogP contribution in [0.25, 0.3) is 0 Å². The van der Waals surface area contributed by atoms with E-state index in [2.05, 4.69) is 5.10 Å². The highest BCUT2D eigenvalue weighted by Crippen LogP contribution is 2.26. The molecule has 1 heterocycles. The molecule has 0 aliphatic heterocycles. The lowest BCUT2D eigenvalue weighted by Gasteiger charge is -2.04. The molecular formula is C10H15N3OS. The second-order valence-electron chi connectivity index (χ2n) is 4.13. The third kappa shape index (κ3) is 2.12. The van der Waals surface area contributed by atoms with Crippen molar-refractivity contribution in [3.63, 3.8) is 0 Å². The number of nitrogens with two attached hydrogens (primary N) is 1. The Hall–Kier alpha value is -1.10. The number of aromatic nitrogens is 2. The predicted octanol–water partition coefficient (Wildman–Crippen LogP) is 1.00. The molecule has 0 bridgehead atoms. The zero-order chi connectivity index (χ0) is 10.8. The molecule has 1 aliphatic rings. The highest BCUT2D eigenvalue weighted by molar-refractivity contribution is 7.80. The Kier molecular flexibility index (Phi) is 2.90. The quantitative estimate of drug-likeness (QED) is 0.738. The molecule has 0 saturated heterocycles. The van der Waals surface area contributed by atoms with Gasteiger partial charge in [-0.2, -0.15) is 4.68 Å². The van der Waals surface area contributed by atoms with Crippen LogP contribution in [-0.2, 0) is 6.42 Å². The van der Waals surface area contributed by atoms with E-state index in [0.29, 0.717) is 5.92 Å². The Balaban J connectivity index is 2.15. The molecule has 3 N–H and O–H groups in total. The van der Waals surface area contributed by atoms with Gasteiger partial charge in [-0.05, 0) is 24.6 Å². The van der Waals surface area contributed by atoms with Crippen molar-refractivity contribution in [1.29, 1.82) is 0 Å². The standard InChI is InChI=1S/C10H15N3OS/c11-10(15)13-9(14)8(6-12-13)5-7-3-1-2-4-7/h6-7,12H,1-5H2,(H2,11,15). The van der Waals surface area contributed by atoms with Gasteiger partial charge in [0.25, 0.3) is 5.56 Å². The van der Waals surface area contributed by atoms with Gasteiger partial charge in [-0.1, -0.05) is 25.7 Å². The minimum Gasteiger partial charge on any atom is -0.374 e. The number of thiocarbonyl (C=S) groups is 1. The molecule has 1 aliphatic carbocycles. The SMILES string of the molecule is NC(=S)n1[nH]cc(CC2CCCC2)c1=O. The fourth-order valence-electron chi connectivity index (χ4n) is 2.24. The summed E-state index contributed by atoms with van der Waals surface area (Å²) in [4.78, 5) is 11.8. The number of rotatable bonds is 2. The van der Waals surface area contributed by atoms with Crippen LogP contribution in [0.4, 0.5) is 0 Å². The maximum atomic E-state index is 11.8. The van der Waals surface area contributed by atoms with Crippen LogP contribution in [0.1, 0.15) is 31.2 Å². The minimum absolute atomic E-state index is 0.0812. The van der Waals surface area contributed by atoms with Crippen molar-refractivity contribution in [2.45, 2.75) is 32.1 Å². The normalized spacial score (nSPS) is 17.1. The highest BCUT2D eigenvalue weighted by atomic mass is 32.1. The van der Waals surface area contributed by atoms with Crippen molar-refractivity contribution < 1.29 is 0 Å². The van der Waals surface area contributed by atoms with Crippen LogP contribution < -0.4 is 11.3 Å². The number of nitrogens with one attached hydrogen (secondary N) is 1. The first kappa shape index (κ1) is 10.4. The third-order valence-electron chi connectivity index (χ3n) is 3.05. The average Bonchev–Trinajstić information content (AvgIpc) is 2.78. The van der Waals surface area contributed by atoms with Gasteiger partial charge in [-0.25, -0.2) is 0 Å². The second-order valence-corrected chi connectivity index (χ2v) is 4.55. The molecule has 0 unspecified atom stereocenters. The van der Waals surface area contributed by atoms with Gasteiger partial charge in [0.15, 0.2) is 5.11 Å². The van der Waals surface area contributed by atoms with Gasteiger partial charge in [0.2, 0.25) is 0 Å². The van der Waals surface area contributed by atoms with E-state index < -0.39 is 0 Å². The Morgan fingerprint density at radius 1 is 1.60 bits per heavy atom. The zero-order valence-corrected chi connectivity index (χ0v) is 9.35. The Labute approximate surface area is 93.4 Å². The van der Waals surface area contributed by atoms with E-state index in [0.717, 1.165) is 12.0 Å². The summed E-state index contributed by atoms with van der Waals surface area (Å²) in [5.74, 6) is 0.660. The van der Waals surface area contributed by atoms with Gasteiger partial charge in [0.05, 0.1) is 0 Å². The largest absolute Gasteiger partial charge is 0.374 e. The summed E-state index contributed by atoms with van der Waals surface area (Å²) in [7, 11) is 0. The summed E-state index contributed by atoms with van der Waals surface area (Å²) < 4.78 is 1.22. The van der Waals surface area contributed by atoms with E-state index in [1.807, 2.05) is 0 Å². The zero-order valence-electron chi connectivity index (χ0n) is 8.53. The van der Waals surface area contributed by atoms with Crippen LogP contribution in [0.5, 0.6) is 0 Å². The molecule has 0 radical (unpaired) electrons. The Morgan fingerprint density at radius 2 is 2.27 bits per heavy atom. The molecular weight excluding hydrogens is 210 g/mol. The van der Waals surface area contributed by atoms with Gasteiger partial charge in [-0.3, -0.25) is 9.89 Å². The van der Waals surface area contributed by atoms with Crippen molar-refractivity contribution in [3.8, 4) is 0 Å². The van der Waals surface area contributed by atoms with Crippen molar-refractivity contribution in [1.82, 2.24) is 9.78 Å². The first-order valence-corrected chi connectivity index (χ1v) is 5.68. The van der Waals surface area contributed by atoms with E-state index in [9.17, 15) is 4.79 Å². The van der Waals surface area contributed by atoms with E-state index in [-0.39, 0.29) is 10.7 Å². The molecule has 0 amide bonds. The topological polar surface area (TPSA) is 63.8 Å². The van der Waals surface area contributed by atoms with E-state index in [4.69, 9.17) is 18.0 Å². The van der Waals surface area contributed by atoms with Crippen LogP contribution in [0, 0.1) is 5.92 Å². The summed E-state index contributed by atoms with van der Waals surface area (Å²) in [6, 6.07) is 0. The molecule has 15 heavy (non-hydrogen) atoms. The molecule has 0 spiro atoms. The Morgan fingerprint density at radius 3 is 2.80 bits per heavy atom. The van der Waals surface area contributed by atoms with Crippen molar-refractivity contribution in [2.24, 2.45) is 11.7 Å². The van der Waals surface area contributed by atoms with Crippen LogP contribution in [0.2, 0.25) is 0 Å². The highest BCUT2D eigenvalue weighted by Gasteiger charge is 2.18. The van der Waals surface area contributed by atoms with Crippen molar-refractivity contribution in [3.05, 3.63) is 22.1 Å². The summed E-state index contributed by atoms with van der Waals surface area (Å²) in [6.07, 6.45) is 7.62. The molecule has 2 rings (SSSR count). The molecule has 4 nitrogen and oxygen atoms in total. The molecule has 1 saturated carbocycles. The number of nitrogens with zero attached hydrogens (tertiary/aromatic N) is 1. The molecule has 1 fully saturated rings. The lowest BCUT2D eigenvalue weighted by molar-refractivity contribution is 0.545. The van der Waals surface area contributed by atoms with Crippen molar-refractivity contribution >= 4 is 17.3 Å². The van der Waals surface area contributed by atoms with Gasteiger partial charge in [0, 0.05) is 11.8 Å². The maximum Gasteiger partial charge on any atom is 0.276 e. The first-order chi connectivity index (χ1) is 7.18. The summed E-state index contributed by atoms with van der Waals surface area (Å²) >= 11 is 4.76. The molecule has 1 aromatic heterocycles. The van der Waals surface area contributed by atoms with Crippen molar-refractivity contribution in [2.75, 3.05) is 0 Å². The van der Waals surface area contributed by atoms with Crippen LogP contribution in [0.3, 0.4) is 0 Å². The predicted molar refractivity (Wildman–Crippen MR) is 62.9 cm³/mol. The fourth-order valence-corrected chi connectivity index (χ4v) is 2.38. The Bertz CT molecular complexity index is 415. The molecule has 5 heteroatoms. The van der Waals surface area contributed by atoms with Gasteiger partial charge in [-0.15, -0.1) is 0 Å². The second kappa shape index (κ2) is 4.18. The number of H-pyrrole nitrogens is 1. The van der Waals surface area contributed by atoms with Crippen LogP contribution in [0.15, 0.2) is 11.0 Å². The third-order valence-corrected chi connectivity index (χ3v) is 3.23. The average molecular weight is 225 g/mol. The summed E-state index contributed by atoms with van der Waals surface area (Å²) in [5, 5.41) is 2.87. The summed E-state index contributed by atoms with van der Waals surface area (Å²) in [6.45, 7) is 0. The maximum absolute atomic E-state index is 11.8. The molecule has 0 atom stereocenters. The van der Waals surface area contributed by atoms with E-state index in [1.165, 1.54) is 30.4 Å². The fraction of sp³-hybridized carbons (Fsp3) is 0.600. The van der Waals surface area contributed by atoms with Gasteiger partial charge < -0.3 is 5.73 Å². The lowest BCUT2D eigenvalue weighted by Crippen LogP contribution is -2.31. The van der Waals surface area contributed by atoms with Crippen LogP contribution >= 0.6 is 12.2 Å². The van der Waals surface area contributed by atoms with E-state index >= 15 is 0 Å². The first-order valence-electron chi connectivity index (χ1n) is 5.27. The lowest BCUT2D eigenvalue weighted by atomic mass is 10.0. The van der Waals surface area contributed by atoms with Gasteiger partial charge in [0.1, 0.15) is 0 Å². The molecule has 82 valence electrons. The monoisotopic (exact) mass is 225 g/mol. The number of hydrogen-bond acceptors (Lipinski definition) is 2. The van der Waals surface area contributed by atoms with E-state index in [1.54, 1.807) is 6.20 Å². The molecule has 1 aromatic rings. The molecule has 0 aromatic carbocycles. The smallest absolute Gasteiger partial charge is 0.276 e. The number of aromatic amines is 1. The number of hydrogen-bond donors (Lipinski definition) is 2. The summed E-state index contributed by atoms with van der Waals surface area (Å²) in [5.41, 5.74) is 6.11.